The number of benzene rings is 5. The zero-order valence-electron chi connectivity index (χ0n) is 19.0. The van der Waals surface area contributed by atoms with Crippen molar-refractivity contribution < 1.29 is 0 Å². The van der Waals surface area contributed by atoms with E-state index in [2.05, 4.69) is 118 Å². The van der Waals surface area contributed by atoms with Gasteiger partial charge in [0.05, 0.1) is 0 Å². The van der Waals surface area contributed by atoms with Crippen molar-refractivity contribution in [1.29, 1.82) is 0 Å². The Morgan fingerprint density at radius 3 is 1.38 bits per heavy atom. The smallest absolute Gasteiger partial charge is 0.0391 e. The Morgan fingerprint density at radius 2 is 0.938 bits per heavy atom. The highest BCUT2D eigenvalue weighted by Gasteiger charge is 2.19. The first-order chi connectivity index (χ1) is 15.5. The van der Waals surface area contributed by atoms with Crippen LogP contribution >= 0.6 is 0 Å². The second kappa shape index (κ2) is 8.16. The third kappa shape index (κ3) is 3.65. The van der Waals surface area contributed by atoms with Crippen LogP contribution in [0.15, 0.2) is 97.1 Å². The third-order valence-electron chi connectivity index (χ3n) is 6.87. The number of nitrogens with two attached hydrogens (primary N) is 1. The van der Waals surface area contributed by atoms with E-state index in [1.807, 2.05) is 0 Å². The number of nitrogen functional groups attached to an aromatic ring is 1. The lowest BCUT2D eigenvalue weighted by Gasteiger charge is -2.23. The number of aryl methyl sites for hydroxylation is 1. The zero-order valence-corrected chi connectivity index (χ0v) is 19.0. The molecule has 0 saturated heterocycles. The highest BCUT2D eigenvalue weighted by atomic mass is 14.6. The fraction of sp³-hybridized carbons (Fsp3) is 0.161. The van der Waals surface area contributed by atoms with Crippen molar-refractivity contribution in [2.75, 3.05) is 5.73 Å². The van der Waals surface area contributed by atoms with Gasteiger partial charge in [0.2, 0.25) is 0 Å². The van der Waals surface area contributed by atoms with E-state index in [1.54, 1.807) is 0 Å². The van der Waals surface area contributed by atoms with Crippen LogP contribution in [0.2, 0.25) is 0 Å². The Labute approximate surface area is 190 Å². The molecule has 0 amide bonds. The molecule has 2 atom stereocenters. The van der Waals surface area contributed by atoms with E-state index in [-0.39, 0.29) is 11.8 Å². The van der Waals surface area contributed by atoms with E-state index < -0.39 is 0 Å². The molecule has 0 heterocycles. The van der Waals surface area contributed by atoms with Gasteiger partial charge in [0.1, 0.15) is 0 Å². The normalized spacial score (nSPS) is 13.3. The number of anilines is 1. The maximum Gasteiger partial charge on any atom is 0.0391 e. The molecule has 0 aliphatic carbocycles. The minimum atomic E-state index is 0.224. The van der Waals surface area contributed by atoms with Crippen molar-refractivity contribution in [1.82, 2.24) is 0 Å². The van der Waals surface area contributed by atoms with Gasteiger partial charge in [0.15, 0.2) is 0 Å². The minimum absolute atomic E-state index is 0.224. The van der Waals surface area contributed by atoms with Crippen molar-refractivity contribution in [2.24, 2.45) is 0 Å². The summed E-state index contributed by atoms with van der Waals surface area (Å²) in [6.07, 6.45) is 0. The molecule has 5 rings (SSSR count). The van der Waals surface area contributed by atoms with E-state index in [1.165, 1.54) is 49.4 Å². The first-order valence-corrected chi connectivity index (χ1v) is 11.4. The molecule has 158 valence electrons. The summed E-state index contributed by atoms with van der Waals surface area (Å²) in [5.41, 5.74) is 14.0. The number of hydrogen-bond donors (Lipinski definition) is 1. The zero-order chi connectivity index (χ0) is 22.2. The van der Waals surface area contributed by atoms with Gasteiger partial charge < -0.3 is 5.73 Å². The predicted molar refractivity (Wildman–Crippen MR) is 139 cm³/mol. The van der Waals surface area contributed by atoms with Crippen molar-refractivity contribution in [3.8, 4) is 0 Å². The molecule has 0 aromatic heterocycles. The fourth-order valence-corrected chi connectivity index (χ4v) is 4.88. The maximum atomic E-state index is 6.85. The van der Waals surface area contributed by atoms with Crippen molar-refractivity contribution in [3.05, 3.63) is 125 Å². The number of rotatable bonds is 4. The lowest BCUT2D eigenvalue weighted by atomic mass is 9.83. The summed E-state index contributed by atoms with van der Waals surface area (Å²) < 4.78 is 0. The molecular formula is C31H29N. The SMILES string of the molecule is Cc1cc([C@H](C)c2ccc3ccccc3c2)c(N)c([C@H](C)c2ccc3ccccc3c2)c1. The summed E-state index contributed by atoms with van der Waals surface area (Å²) >= 11 is 0. The molecule has 5 aromatic carbocycles. The summed E-state index contributed by atoms with van der Waals surface area (Å²) in [7, 11) is 0. The van der Waals surface area contributed by atoms with Crippen LogP contribution in [0.3, 0.4) is 0 Å². The molecule has 5 aromatic rings. The largest absolute Gasteiger partial charge is 0.398 e. The van der Waals surface area contributed by atoms with Gasteiger partial charge in [-0.25, -0.2) is 0 Å². The second-order valence-corrected chi connectivity index (χ2v) is 9.01. The molecule has 0 saturated carbocycles. The van der Waals surface area contributed by atoms with Crippen LogP contribution in [-0.2, 0) is 0 Å². The Bertz CT molecular complexity index is 1320. The van der Waals surface area contributed by atoms with Crippen LogP contribution in [0.25, 0.3) is 21.5 Å². The third-order valence-corrected chi connectivity index (χ3v) is 6.87. The van der Waals surface area contributed by atoms with E-state index in [9.17, 15) is 0 Å². The van der Waals surface area contributed by atoms with Gasteiger partial charge in [-0.2, -0.15) is 0 Å². The average Bonchev–Trinajstić information content (AvgIpc) is 2.83. The van der Waals surface area contributed by atoms with Crippen LogP contribution in [0, 0.1) is 6.92 Å². The van der Waals surface area contributed by atoms with Gasteiger partial charge in [-0.1, -0.05) is 116 Å². The van der Waals surface area contributed by atoms with E-state index in [4.69, 9.17) is 5.73 Å². The van der Waals surface area contributed by atoms with Crippen molar-refractivity contribution in [2.45, 2.75) is 32.6 Å². The molecule has 0 fully saturated rings. The summed E-state index contributed by atoms with van der Waals surface area (Å²) in [4.78, 5) is 0. The topological polar surface area (TPSA) is 26.0 Å². The van der Waals surface area contributed by atoms with Crippen LogP contribution in [0.5, 0.6) is 0 Å². The fourth-order valence-electron chi connectivity index (χ4n) is 4.88. The molecule has 0 radical (unpaired) electrons. The van der Waals surface area contributed by atoms with Crippen molar-refractivity contribution >= 4 is 27.2 Å². The highest BCUT2D eigenvalue weighted by Crippen LogP contribution is 2.38. The minimum Gasteiger partial charge on any atom is -0.398 e. The molecule has 0 aliphatic heterocycles. The molecule has 0 aliphatic rings. The summed E-state index contributed by atoms with van der Waals surface area (Å²) in [5.74, 6) is 0.448. The predicted octanol–water partition coefficient (Wildman–Crippen LogP) is 8.19. The molecule has 0 unspecified atom stereocenters. The molecule has 32 heavy (non-hydrogen) atoms. The highest BCUT2D eigenvalue weighted by molar-refractivity contribution is 5.84. The van der Waals surface area contributed by atoms with Crippen LogP contribution in [0.4, 0.5) is 5.69 Å². The monoisotopic (exact) mass is 415 g/mol. The first-order valence-electron chi connectivity index (χ1n) is 11.4. The summed E-state index contributed by atoms with van der Waals surface area (Å²) in [6.45, 7) is 6.70. The van der Waals surface area contributed by atoms with E-state index in [0.717, 1.165) is 5.69 Å². The Morgan fingerprint density at radius 1 is 0.531 bits per heavy atom. The van der Waals surface area contributed by atoms with Gasteiger partial charge in [-0.15, -0.1) is 0 Å². The van der Waals surface area contributed by atoms with Crippen LogP contribution < -0.4 is 5.73 Å². The Balaban J connectivity index is 1.56. The molecule has 0 bridgehead atoms. The van der Waals surface area contributed by atoms with Crippen LogP contribution in [-0.4, -0.2) is 0 Å². The van der Waals surface area contributed by atoms with E-state index in [0.29, 0.717) is 0 Å². The van der Waals surface area contributed by atoms with Gasteiger partial charge in [-0.05, 0) is 50.7 Å². The summed E-state index contributed by atoms with van der Waals surface area (Å²) in [6, 6.07) is 35.1. The van der Waals surface area contributed by atoms with Gasteiger partial charge in [-0.3, -0.25) is 0 Å². The van der Waals surface area contributed by atoms with Gasteiger partial charge in [0.25, 0.3) is 0 Å². The Kier molecular flexibility index (Phi) is 5.19. The summed E-state index contributed by atoms with van der Waals surface area (Å²) in [5, 5.41) is 5.08. The average molecular weight is 416 g/mol. The Hall–Kier alpha value is -3.58. The standard InChI is InChI=1S/C31H29N/c1-20-16-29(21(2)25-14-12-23-8-4-6-10-27(23)18-25)31(32)30(17-20)22(3)26-15-13-24-9-5-7-11-28(24)19-26/h4-19,21-22H,32H2,1-3H3/t21-,22-/m1/s1. The number of fused-ring (bicyclic) bond motifs is 2. The molecule has 1 nitrogen and oxygen atoms in total. The maximum absolute atomic E-state index is 6.85. The van der Waals surface area contributed by atoms with Gasteiger partial charge >= 0.3 is 0 Å². The molecular weight excluding hydrogens is 386 g/mol. The van der Waals surface area contributed by atoms with Crippen LogP contribution in [0.1, 0.15) is 53.5 Å². The number of hydrogen-bond acceptors (Lipinski definition) is 1. The quantitative estimate of drug-likeness (QED) is 0.294. The van der Waals surface area contributed by atoms with E-state index >= 15 is 0 Å². The second-order valence-electron chi connectivity index (χ2n) is 9.01. The lowest BCUT2D eigenvalue weighted by Crippen LogP contribution is -2.08. The lowest BCUT2D eigenvalue weighted by molar-refractivity contribution is 0.891. The van der Waals surface area contributed by atoms with Gasteiger partial charge in [0, 0.05) is 17.5 Å². The first kappa shape index (κ1) is 20.3. The molecule has 0 spiro atoms. The van der Waals surface area contributed by atoms with Crippen molar-refractivity contribution in [3.63, 3.8) is 0 Å². The molecule has 2 N–H and O–H groups in total. The molecule has 1 heteroatoms.